The summed E-state index contributed by atoms with van der Waals surface area (Å²) in [5.41, 5.74) is 22.3. The average Bonchev–Trinajstić information content (AvgIpc) is 0.877. The van der Waals surface area contributed by atoms with Crippen molar-refractivity contribution < 1.29 is 66.4 Å². The smallest absolute Gasteiger partial charge is 0.401 e. The summed E-state index contributed by atoms with van der Waals surface area (Å²) in [5, 5.41) is 47.4. The van der Waals surface area contributed by atoms with Crippen LogP contribution in [0.1, 0.15) is 391 Å². The van der Waals surface area contributed by atoms with Crippen LogP contribution in [0.4, 0.5) is 13.2 Å². The summed E-state index contributed by atoms with van der Waals surface area (Å²) in [7, 11) is 1.50. The van der Waals surface area contributed by atoms with Crippen molar-refractivity contribution in [3.63, 3.8) is 0 Å². The molecule has 3 saturated heterocycles. The molecule has 3 aliphatic heterocycles. The lowest BCUT2D eigenvalue weighted by atomic mass is 9.86. The van der Waals surface area contributed by atoms with Gasteiger partial charge in [0.25, 0.3) is 5.91 Å². The number of amidine groups is 2. The first-order chi connectivity index (χ1) is 65.0. The predicted molar refractivity (Wildman–Crippen MR) is 594 cm³/mol. The first-order valence-electron chi connectivity index (χ1n) is 53.1. The van der Waals surface area contributed by atoms with E-state index < -0.39 is 30.7 Å². The molecule has 29 heteroatoms. The highest BCUT2D eigenvalue weighted by Crippen LogP contribution is 2.31. The second-order valence-electron chi connectivity index (χ2n) is 50.5. The van der Waals surface area contributed by atoms with Gasteiger partial charge in [-0.05, 0) is 313 Å². The Labute approximate surface area is 869 Å². The number of piperidine rings is 3. The van der Waals surface area contributed by atoms with E-state index in [0.29, 0.717) is 132 Å². The second-order valence-corrected chi connectivity index (χ2v) is 51.5. The van der Waals surface area contributed by atoms with Crippen LogP contribution < -0.4 is 43.8 Å². The molecule has 25 nitrogen and oxygen atoms in total. The Morgan fingerprint density at radius 1 is 0.507 bits per heavy atom. The van der Waals surface area contributed by atoms with E-state index in [2.05, 4.69) is 281 Å². The molecule has 2 aromatic rings. The summed E-state index contributed by atoms with van der Waals surface area (Å²) in [6.45, 7) is 82.9. The minimum Gasteiger partial charge on any atom is -0.481 e. The molecule has 0 aromatic heterocycles. The molecule has 0 unspecified atom stereocenters. The number of rotatable bonds is 38. The van der Waals surface area contributed by atoms with Crippen molar-refractivity contribution in [3.8, 4) is 0 Å². The minimum atomic E-state index is -4.18. The van der Waals surface area contributed by atoms with Crippen LogP contribution in [0.2, 0.25) is 0 Å². The molecule has 6 rings (SSSR count). The molecule has 15 N–H and O–H groups in total. The van der Waals surface area contributed by atoms with Gasteiger partial charge in [0.05, 0.1) is 51.1 Å². The first-order valence-corrected chi connectivity index (χ1v) is 54.5. The fraction of sp³-hybridized carbons (Fsp3) is 0.823. The summed E-state index contributed by atoms with van der Waals surface area (Å²) in [6, 6.07) is 17.9. The minimum absolute atomic E-state index is 0.0307. The molecular weight excluding hydrogens is 1820 g/mol. The van der Waals surface area contributed by atoms with Gasteiger partial charge in [0, 0.05) is 74.4 Å². The van der Waals surface area contributed by atoms with Gasteiger partial charge in [-0.2, -0.15) is 24.9 Å². The van der Waals surface area contributed by atoms with Crippen molar-refractivity contribution in [3.05, 3.63) is 71.3 Å². The Hall–Kier alpha value is -6.02. The summed E-state index contributed by atoms with van der Waals surface area (Å²) in [5.74, 6) is 0.213. The fourth-order valence-electron chi connectivity index (χ4n) is 14.4. The van der Waals surface area contributed by atoms with Crippen LogP contribution in [0.5, 0.6) is 0 Å². The molecule has 0 bridgehead atoms. The van der Waals surface area contributed by atoms with Crippen molar-refractivity contribution in [2.24, 2.45) is 66.4 Å². The highest BCUT2D eigenvalue weighted by atomic mass is 32.2. The second kappa shape index (κ2) is 74.0. The van der Waals surface area contributed by atoms with E-state index in [1.165, 1.54) is 55.4 Å². The van der Waals surface area contributed by atoms with E-state index >= 15 is 0 Å². The van der Waals surface area contributed by atoms with Gasteiger partial charge < -0.3 is 78.0 Å². The Balaban J connectivity index is -0.000000755. The van der Waals surface area contributed by atoms with Gasteiger partial charge in [0.2, 0.25) is 0 Å². The van der Waals surface area contributed by atoms with Crippen molar-refractivity contribution >= 4 is 59.2 Å². The number of carboxylic acids is 2. The summed E-state index contributed by atoms with van der Waals surface area (Å²) < 4.78 is 52.4. The molecule has 1 saturated carbocycles. The normalized spacial score (nSPS) is 15.4. The van der Waals surface area contributed by atoms with Crippen molar-refractivity contribution in [2.75, 3.05) is 137 Å². The number of nitrogens with one attached hydrogen (secondary N) is 7. The average molecular weight is 2040 g/mol. The molecular formula is C113H217F3N14O11S. The molecule has 3 heterocycles. The third-order valence-electron chi connectivity index (χ3n) is 23.8. The number of carbonyl (C=O) groups excluding carboxylic acids is 4. The highest BCUT2D eigenvalue weighted by Gasteiger charge is 2.35. The number of alkyl halides is 3. The van der Waals surface area contributed by atoms with Gasteiger partial charge >= 0.3 is 36.0 Å². The van der Waals surface area contributed by atoms with Gasteiger partial charge in [0.15, 0.2) is 0 Å². The van der Waals surface area contributed by atoms with E-state index in [0.717, 1.165) is 167 Å². The Bertz CT molecular complexity index is 3590. The quantitative estimate of drug-likeness (QED) is 0.00977. The molecule has 142 heavy (non-hydrogen) atoms. The number of carbonyl (C=O) groups is 6. The van der Waals surface area contributed by atoms with Gasteiger partial charge in [-0.15, -0.1) is 0 Å². The van der Waals surface area contributed by atoms with E-state index in [-0.39, 0.29) is 58.9 Å². The van der Waals surface area contributed by atoms with Crippen LogP contribution >= 0.6 is 11.8 Å². The van der Waals surface area contributed by atoms with E-state index in [1.807, 2.05) is 43.0 Å². The van der Waals surface area contributed by atoms with Crippen LogP contribution in [-0.4, -0.2) is 250 Å². The number of nitrogens with zero attached hydrogens (tertiary/aromatic N) is 4. The van der Waals surface area contributed by atoms with Crippen LogP contribution in [-0.2, 0) is 50.1 Å². The molecule has 2 aromatic carbocycles. The van der Waals surface area contributed by atoms with Crippen LogP contribution in [0.25, 0.3) is 0 Å². The maximum Gasteiger partial charge on any atom is 0.401 e. The van der Waals surface area contributed by atoms with Gasteiger partial charge in [-0.25, -0.2) is 0 Å². The number of esters is 3. The van der Waals surface area contributed by atoms with Crippen LogP contribution in [0, 0.1) is 60.1 Å². The number of ether oxygens (including phenoxy) is 3. The van der Waals surface area contributed by atoms with Crippen molar-refractivity contribution in [2.45, 2.75) is 417 Å². The molecule has 4 aliphatic rings. The molecule has 1 aliphatic carbocycles. The Morgan fingerprint density at radius 3 is 1.35 bits per heavy atom. The largest absolute Gasteiger partial charge is 0.481 e. The van der Waals surface area contributed by atoms with Gasteiger partial charge in [0.1, 0.15) is 12.1 Å². The fourth-order valence-corrected chi connectivity index (χ4v) is 14.8. The number of hydrogen-bond donors (Lipinski definition) is 12. The number of aliphatic carboxylic acids is 2. The van der Waals surface area contributed by atoms with Crippen molar-refractivity contribution in [1.29, 1.82) is 10.8 Å². The van der Waals surface area contributed by atoms with E-state index in [9.17, 15) is 41.9 Å². The Kier molecular flexibility index (Phi) is 74.1. The predicted octanol–water partition coefficient (Wildman–Crippen LogP) is 22.9. The van der Waals surface area contributed by atoms with E-state index in [1.54, 1.807) is 11.8 Å². The maximum atomic E-state index is 12.6. The lowest BCUT2D eigenvalue weighted by Gasteiger charge is -2.40. The van der Waals surface area contributed by atoms with E-state index in [4.69, 9.17) is 52.4 Å². The zero-order chi connectivity index (χ0) is 110. The number of benzene rings is 2. The number of likely N-dealkylation sites (tertiary alicyclic amines) is 3. The zero-order valence-electron chi connectivity index (χ0n) is 96.6. The first kappa shape index (κ1) is 142. The van der Waals surface area contributed by atoms with Crippen molar-refractivity contribution in [1.82, 2.24) is 46.2 Å². The highest BCUT2D eigenvalue weighted by molar-refractivity contribution is 7.98. The topological polar surface area (TPSA) is 369 Å². The number of nitrogens with two attached hydrogens (primary N) is 3. The number of amides is 1. The van der Waals surface area contributed by atoms with Gasteiger partial charge in [-0.3, -0.25) is 49.4 Å². The number of carboxylic acid groups (broad SMARTS) is 2. The molecule has 0 radical (unpaired) electrons. The lowest BCUT2D eigenvalue weighted by Crippen LogP contribution is -2.47. The molecule has 0 spiro atoms. The number of hydrogen-bond acceptors (Lipinski definition) is 21. The summed E-state index contributed by atoms with van der Waals surface area (Å²) in [4.78, 5) is 75.0. The maximum absolute atomic E-state index is 12.6. The summed E-state index contributed by atoms with van der Waals surface area (Å²) >= 11 is 1.90. The SMILES string of the molecule is CC(C)(C)CCC(=N)N.CC(C)(C)CCCC(=N)N.CC(C)(C)CCN1CCC(NCC(=O)O)CC1.CC(C)(C)CCNCC(=O)OC1CCCC1.CC(C)(C)CCNCc1ccccc1.CC(C)(C)N1CCC(CC(=O)O)CC1.CCOC(=O)CNCCC(C)(C)C.CCOC(=O)[C@@H](N)CCC(C)(C)C.CN(CC(F)(F)F)C1CCN(C(=O)c2ccc(C(C)(C)C)cc2)CC1.CSCCNCCC(C)(C)C. The summed E-state index contributed by atoms with van der Waals surface area (Å²) in [6.07, 6.45) is 20.5. The third-order valence-corrected chi connectivity index (χ3v) is 24.4. The Morgan fingerprint density at radius 2 is 0.951 bits per heavy atom. The third kappa shape index (κ3) is 94.9. The molecule has 832 valence electrons. The standard InChI is InChI=1S/C19H27F3N2O.C13H26N2O2.C13H25NO2.C13H21N.C11H21NO2.2C10H21NO2.C9H21NS.C8H18N2.C7H16N2/c1-18(2,3)15-7-5-14(6-8-15)17(25)24-11-9-16(10-12-24)23(4)13-19(20,21)22;1-13(2,3)6-9-15-7-4-11(5-8-15)14-10-12(16)17;1-13(2,3)8-9-14-10-12(15)16-11-6-4-5-7-11;1-13(2,3)9-10-14-11-12-7-5-4-6-8-12;1-11(2,3)12-6-4-9(5-7-12)8-10(13)14;1-5-13-9(12)8-11-7-6-10(2,3)4;1-5-13-9(12)8(11)6-7-10(2,3)4;1-9(2,3)5-6-10-7-8-11-4;1-8(2,3)6-4-5-7(9)10;1-7(2,3)5-4-6(8)9/h5-8,16H,9-13H2,1-4H3;11,14H,4-10H2,1-3H3,(H,16,17);11,14H,4-10H2,1-3H3;4-8,14H,9-11H2,1-3H3;9H,4-8H2,1-3H3,(H,13,14);11H,5-8H2,1-4H3;8H,5-7,11H2,1-4H3;10H,5-8H2,1-4H3;4-6H2,1-3H3,(H3,9,10);4-5H2,1-3H3,(H3,8,9)/t;;;;;;8-;;;/m......0.../s1. The zero-order valence-corrected chi connectivity index (χ0v) is 97.4. The van der Waals surface area contributed by atoms with Crippen LogP contribution in [0.15, 0.2) is 54.6 Å². The monoisotopic (exact) mass is 2040 g/mol. The number of thioether (sulfide) groups is 1. The molecule has 1 atom stereocenters. The molecule has 4 fully saturated rings. The van der Waals surface area contributed by atoms with Gasteiger partial charge in [-0.1, -0.05) is 229 Å². The van der Waals surface area contributed by atoms with Crippen LogP contribution in [0.3, 0.4) is 0 Å². The number of halogens is 3. The molecule has 1 amide bonds. The lowest BCUT2D eigenvalue weighted by molar-refractivity contribution is -0.149.